The lowest BCUT2D eigenvalue weighted by Gasteiger charge is -2.11. The lowest BCUT2D eigenvalue weighted by atomic mass is 9.99. The van der Waals surface area contributed by atoms with E-state index < -0.39 is 21.7 Å². The molecule has 0 saturated carbocycles. The minimum atomic E-state index is -3.93. The van der Waals surface area contributed by atoms with Gasteiger partial charge < -0.3 is 0 Å². The zero-order chi connectivity index (χ0) is 17.7. The van der Waals surface area contributed by atoms with Crippen molar-refractivity contribution >= 4 is 15.9 Å². The first-order valence-corrected chi connectivity index (χ1v) is 9.00. The van der Waals surface area contributed by atoms with Crippen molar-refractivity contribution in [2.24, 2.45) is 0 Å². The van der Waals surface area contributed by atoms with Gasteiger partial charge in [0.25, 0.3) is 15.9 Å². The van der Waals surface area contributed by atoms with Crippen LogP contribution in [-0.4, -0.2) is 14.3 Å². The average molecular weight is 350 g/mol. The van der Waals surface area contributed by atoms with Crippen molar-refractivity contribution in [3.63, 3.8) is 0 Å². The summed E-state index contributed by atoms with van der Waals surface area (Å²) in [6, 6.07) is 11.7. The van der Waals surface area contributed by atoms with Gasteiger partial charge in [0.2, 0.25) is 0 Å². The van der Waals surface area contributed by atoms with Crippen molar-refractivity contribution in [1.82, 2.24) is 10.3 Å². The fraction of sp³-hybridized carbons (Fsp3) is 0.235. The van der Waals surface area contributed by atoms with E-state index in [1.54, 1.807) is 12.1 Å². The third kappa shape index (κ3) is 4.18. The van der Waals surface area contributed by atoms with E-state index in [1.807, 2.05) is 10.3 Å². The Labute approximate surface area is 140 Å². The Balaban J connectivity index is 2.09. The molecule has 1 unspecified atom stereocenters. The topological polar surface area (TPSA) is 75.3 Å². The number of amides is 1. The van der Waals surface area contributed by atoms with Crippen molar-refractivity contribution in [2.75, 3.05) is 0 Å². The molecular formula is C17H19FN2O3S. The molecule has 0 aromatic heterocycles. The van der Waals surface area contributed by atoms with Crippen molar-refractivity contribution in [2.45, 2.75) is 31.1 Å². The number of benzene rings is 2. The SMILES string of the molecule is CCC(C)c1ccc(S(=O)(=O)NNC(=O)c2ccccc2F)cc1. The molecule has 0 saturated heterocycles. The van der Waals surface area contributed by atoms with E-state index in [1.165, 1.54) is 30.3 Å². The van der Waals surface area contributed by atoms with Gasteiger partial charge in [-0.3, -0.25) is 10.2 Å². The molecule has 2 N–H and O–H groups in total. The number of carbonyl (C=O) groups excluding carboxylic acids is 1. The molecule has 0 heterocycles. The second-order valence-corrected chi connectivity index (χ2v) is 7.10. The Morgan fingerprint density at radius 1 is 1.12 bits per heavy atom. The van der Waals surface area contributed by atoms with Crippen LogP contribution in [-0.2, 0) is 10.0 Å². The van der Waals surface area contributed by atoms with Gasteiger partial charge >= 0.3 is 0 Å². The molecule has 0 aliphatic carbocycles. The number of hydrazine groups is 1. The van der Waals surface area contributed by atoms with E-state index >= 15 is 0 Å². The maximum atomic E-state index is 13.5. The molecule has 24 heavy (non-hydrogen) atoms. The maximum Gasteiger partial charge on any atom is 0.269 e. The van der Waals surface area contributed by atoms with Gasteiger partial charge in [-0.25, -0.2) is 12.8 Å². The summed E-state index contributed by atoms with van der Waals surface area (Å²) in [6.07, 6.45) is 0.947. The van der Waals surface area contributed by atoms with E-state index in [2.05, 4.69) is 13.8 Å². The molecule has 7 heteroatoms. The quantitative estimate of drug-likeness (QED) is 0.787. The summed E-state index contributed by atoms with van der Waals surface area (Å²) in [5.41, 5.74) is 2.80. The number of nitrogens with one attached hydrogen (secondary N) is 2. The third-order valence-corrected chi connectivity index (χ3v) is 5.05. The highest BCUT2D eigenvalue weighted by Gasteiger charge is 2.17. The fourth-order valence-electron chi connectivity index (χ4n) is 2.10. The molecule has 0 aliphatic heterocycles. The summed E-state index contributed by atoms with van der Waals surface area (Å²) in [7, 11) is -3.93. The van der Waals surface area contributed by atoms with Crippen LogP contribution in [0.4, 0.5) is 4.39 Å². The van der Waals surface area contributed by atoms with Crippen LogP contribution in [0.3, 0.4) is 0 Å². The molecule has 1 amide bonds. The van der Waals surface area contributed by atoms with Crippen LogP contribution in [0.25, 0.3) is 0 Å². The number of rotatable bonds is 6. The Morgan fingerprint density at radius 3 is 2.33 bits per heavy atom. The normalized spacial score (nSPS) is 12.6. The zero-order valence-corrected chi connectivity index (χ0v) is 14.2. The van der Waals surface area contributed by atoms with Gasteiger partial charge in [-0.15, -0.1) is 4.83 Å². The smallest absolute Gasteiger partial charge is 0.269 e. The van der Waals surface area contributed by atoms with Gasteiger partial charge in [0.05, 0.1) is 10.5 Å². The highest BCUT2D eigenvalue weighted by atomic mass is 32.2. The molecule has 2 aromatic rings. The largest absolute Gasteiger partial charge is 0.273 e. The lowest BCUT2D eigenvalue weighted by molar-refractivity contribution is 0.0941. The van der Waals surface area contributed by atoms with E-state index in [0.717, 1.165) is 18.1 Å². The van der Waals surface area contributed by atoms with Gasteiger partial charge in [-0.05, 0) is 42.2 Å². The average Bonchev–Trinajstić information content (AvgIpc) is 2.59. The van der Waals surface area contributed by atoms with Crippen LogP contribution in [0.5, 0.6) is 0 Å². The summed E-state index contributed by atoms with van der Waals surface area (Å²) in [6.45, 7) is 4.10. The summed E-state index contributed by atoms with van der Waals surface area (Å²) in [5.74, 6) is -1.27. The van der Waals surface area contributed by atoms with Gasteiger partial charge in [0.1, 0.15) is 5.82 Å². The number of hydrogen-bond donors (Lipinski definition) is 2. The molecule has 1 atom stereocenters. The molecule has 5 nitrogen and oxygen atoms in total. The number of sulfonamides is 1. The molecule has 0 radical (unpaired) electrons. The summed E-state index contributed by atoms with van der Waals surface area (Å²) in [4.78, 5) is 13.8. The fourth-order valence-corrected chi connectivity index (χ4v) is 2.94. The van der Waals surface area contributed by atoms with Crippen LogP contribution < -0.4 is 10.3 Å². The predicted molar refractivity (Wildman–Crippen MR) is 89.3 cm³/mol. The van der Waals surface area contributed by atoms with E-state index in [0.29, 0.717) is 5.92 Å². The number of hydrogen-bond acceptors (Lipinski definition) is 3. The molecular weight excluding hydrogens is 331 g/mol. The van der Waals surface area contributed by atoms with Crippen molar-refractivity contribution in [3.05, 3.63) is 65.5 Å². The Morgan fingerprint density at radius 2 is 1.75 bits per heavy atom. The van der Waals surface area contributed by atoms with Crippen molar-refractivity contribution in [1.29, 1.82) is 0 Å². The molecule has 0 fully saturated rings. The highest BCUT2D eigenvalue weighted by molar-refractivity contribution is 7.89. The zero-order valence-electron chi connectivity index (χ0n) is 13.4. The first kappa shape index (κ1) is 18.1. The third-order valence-electron chi connectivity index (χ3n) is 3.79. The minimum absolute atomic E-state index is 0.0170. The Bertz CT molecular complexity index is 820. The lowest BCUT2D eigenvalue weighted by Crippen LogP contribution is -2.41. The summed E-state index contributed by atoms with van der Waals surface area (Å²) in [5, 5.41) is 0. The summed E-state index contributed by atoms with van der Waals surface area (Å²) >= 11 is 0. The number of halogens is 1. The molecule has 2 rings (SSSR count). The first-order chi connectivity index (χ1) is 11.3. The number of carbonyl (C=O) groups is 1. The molecule has 2 aromatic carbocycles. The molecule has 128 valence electrons. The minimum Gasteiger partial charge on any atom is -0.273 e. The standard InChI is InChI=1S/C17H19FN2O3S/c1-3-12(2)13-8-10-14(11-9-13)24(22,23)20-19-17(21)15-6-4-5-7-16(15)18/h4-12,20H,3H2,1-2H3,(H,19,21). The van der Waals surface area contributed by atoms with Gasteiger partial charge in [0, 0.05) is 0 Å². The molecule has 0 bridgehead atoms. The van der Waals surface area contributed by atoms with Gasteiger partial charge in [0.15, 0.2) is 0 Å². The molecule has 0 aliphatic rings. The van der Waals surface area contributed by atoms with Crippen LogP contribution in [0.1, 0.15) is 42.1 Å². The Kier molecular flexibility index (Phi) is 5.69. The van der Waals surface area contributed by atoms with Crippen molar-refractivity contribution in [3.8, 4) is 0 Å². The highest BCUT2D eigenvalue weighted by Crippen LogP contribution is 2.20. The van der Waals surface area contributed by atoms with E-state index in [-0.39, 0.29) is 10.5 Å². The van der Waals surface area contributed by atoms with Crippen LogP contribution in [0, 0.1) is 5.82 Å². The van der Waals surface area contributed by atoms with Gasteiger partial charge in [-0.2, -0.15) is 0 Å². The van der Waals surface area contributed by atoms with Gasteiger partial charge in [-0.1, -0.05) is 38.1 Å². The predicted octanol–water partition coefficient (Wildman–Crippen LogP) is 2.96. The van der Waals surface area contributed by atoms with Crippen LogP contribution >= 0.6 is 0 Å². The Hall–Kier alpha value is -2.25. The first-order valence-electron chi connectivity index (χ1n) is 7.51. The van der Waals surface area contributed by atoms with Crippen LogP contribution in [0.2, 0.25) is 0 Å². The van der Waals surface area contributed by atoms with Crippen molar-refractivity contribution < 1.29 is 17.6 Å². The van der Waals surface area contributed by atoms with Crippen LogP contribution in [0.15, 0.2) is 53.4 Å². The molecule has 0 spiro atoms. The second-order valence-electron chi connectivity index (χ2n) is 5.42. The summed E-state index contributed by atoms with van der Waals surface area (Å²) < 4.78 is 37.9. The van der Waals surface area contributed by atoms with E-state index in [4.69, 9.17) is 0 Å². The monoisotopic (exact) mass is 350 g/mol. The second kappa shape index (κ2) is 7.55. The van der Waals surface area contributed by atoms with E-state index in [9.17, 15) is 17.6 Å². The maximum absolute atomic E-state index is 13.5.